The minimum atomic E-state index is -0.950. The molecule has 0 bridgehead atoms. The van der Waals surface area contributed by atoms with Gasteiger partial charge in [-0.05, 0) is 30.7 Å². The molecule has 5 nitrogen and oxygen atoms in total. The van der Waals surface area contributed by atoms with Gasteiger partial charge in [-0.3, -0.25) is 14.5 Å². The highest BCUT2D eigenvalue weighted by Crippen LogP contribution is 2.19. The van der Waals surface area contributed by atoms with E-state index in [1.54, 1.807) is 36.5 Å². The number of pyridine rings is 1. The second-order valence-corrected chi connectivity index (χ2v) is 4.61. The number of carboxylic acids is 1. The number of carboxylic acid groups (broad SMARTS) is 1. The molecule has 0 aliphatic rings. The quantitative estimate of drug-likeness (QED) is 0.915. The monoisotopic (exact) mass is 284 g/mol. The van der Waals surface area contributed by atoms with Crippen LogP contribution in [0.3, 0.4) is 0 Å². The number of aromatic nitrogens is 1. The molecule has 0 atom stereocenters. The van der Waals surface area contributed by atoms with Crippen molar-refractivity contribution in [3.8, 4) is 0 Å². The van der Waals surface area contributed by atoms with Gasteiger partial charge in [0.1, 0.15) is 5.82 Å². The summed E-state index contributed by atoms with van der Waals surface area (Å²) >= 11 is 0. The van der Waals surface area contributed by atoms with E-state index in [4.69, 9.17) is 5.11 Å². The van der Waals surface area contributed by atoms with Crippen LogP contribution in [0, 0.1) is 6.92 Å². The molecule has 0 saturated carbocycles. The van der Waals surface area contributed by atoms with Crippen LogP contribution in [0.15, 0.2) is 48.7 Å². The molecule has 1 amide bonds. The molecule has 1 aromatic carbocycles. The van der Waals surface area contributed by atoms with Gasteiger partial charge in [0.15, 0.2) is 0 Å². The third-order valence-electron chi connectivity index (χ3n) is 3.05. The molecule has 5 heteroatoms. The van der Waals surface area contributed by atoms with Crippen LogP contribution in [-0.2, 0) is 4.79 Å². The van der Waals surface area contributed by atoms with Gasteiger partial charge in [0.2, 0.25) is 0 Å². The molecule has 0 fully saturated rings. The number of carbonyl (C=O) groups excluding carboxylic acids is 1. The average molecular weight is 284 g/mol. The van der Waals surface area contributed by atoms with Gasteiger partial charge in [0.25, 0.3) is 5.91 Å². The lowest BCUT2D eigenvalue weighted by Gasteiger charge is -2.22. The molecule has 0 aliphatic heterocycles. The highest BCUT2D eigenvalue weighted by Gasteiger charge is 2.20. The van der Waals surface area contributed by atoms with Crippen molar-refractivity contribution in [3.63, 3.8) is 0 Å². The van der Waals surface area contributed by atoms with Gasteiger partial charge in [-0.25, -0.2) is 4.98 Å². The van der Waals surface area contributed by atoms with E-state index in [2.05, 4.69) is 4.98 Å². The van der Waals surface area contributed by atoms with E-state index in [1.807, 2.05) is 19.1 Å². The van der Waals surface area contributed by atoms with E-state index >= 15 is 0 Å². The Kier molecular flexibility index (Phi) is 4.66. The van der Waals surface area contributed by atoms with Crippen molar-refractivity contribution in [1.29, 1.82) is 0 Å². The third kappa shape index (κ3) is 3.66. The lowest BCUT2D eigenvalue weighted by Crippen LogP contribution is -2.34. The number of amides is 1. The van der Waals surface area contributed by atoms with Crippen molar-refractivity contribution in [2.45, 2.75) is 13.3 Å². The highest BCUT2D eigenvalue weighted by molar-refractivity contribution is 6.06. The normalized spacial score (nSPS) is 10.1. The van der Waals surface area contributed by atoms with Gasteiger partial charge in [-0.1, -0.05) is 24.3 Å². The minimum Gasteiger partial charge on any atom is -0.481 e. The summed E-state index contributed by atoms with van der Waals surface area (Å²) in [5.41, 5.74) is 1.33. The maximum absolute atomic E-state index is 12.6. The first-order valence-electron chi connectivity index (χ1n) is 6.60. The molecular weight excluding hydrogens is 268 g/mol. The van der Waals surface area contributed by atoms with Gasteiger partial charge in [0, 0.05) is 18.3 Å². The predicted molar refractivity (Wildman–Crippen MR) is 79.3 cm³/mol. The van der Waals surface area contributed by atoms with Crippen molar-refractivity contribution in [2.24, 2.45) is 0 Å². The zero-order valence-corrected chi connectivity index (χ0v) is 11.7. The van der Waals surface area contributed by atoms with Crippen LogP contribution in [-0.4, -0.2) is 28.5 Å². The Hall–Kier alpha value is -2.69. The molecular formula is C16H16N2O3. The zero-order valence-electron chi connectivity index (χ0n) is 11.7. The standard InChI is InChI=1S/C16H16N2O3/c1-12-6-5-10-17-15(12)18(11-9-14(19)20)16(21)13-7-3-2-4-8-13/h2-8,10H,9,11H2,1H3,(H,19,20). The molecule has 0 unspecified atom stereocenters. The maximum Gasteiger partial charge on any atom is 0.305 e. The van der Waals surface area contributed by atoms with E-state index in [1.165, 1.54) is 4.90 Å². The fourth-order valence-electron chi connectivity index (χ4n) is 2.01. The van der Waals surface area contributed by atoms with Crippen LogP contribution in [0.4, 0.5) is 5.82 Å². The molecule has 108 valence electrons. The molecule has 0 aliphatic carbocycles. The number of aliphatic carboxylic acids is 1. The van der Waals surface area contributed by atoms with Crippen LogP contribution in [0.25, 0.3) is 0 Å². The smallest absolute Gasteiger partial charge is 0.305 e. The number of hydrogen-bond acceptors (Lipinski definition) is 3. The largest absolute Gasteiger partial charge is 0.481 e. The van der Waals surface area contributed by atoms with Crippen LogP contribution >= 0.6 is 0 Å². The van der Waals surface area contributed by atoms with Gasteiger partial charge >= 0.3 is 5.97 Å². The SMILES string of the molecule is Cc1cccnc1N(CCC(=O)O)C(=O)c1ccccc1. The van der Waals surface area contributed by atoms with E-state index in [-0.39, 0.29) is 18.9 Å². The minimum absolute atomic E-state index is 0.0842. The molecule has 0 spiro atoms. The van der Waals surface area contributed by atoms with Gasteiger partial charge < -0.3 is 5.11 Å². The second-order valence-electron chi connectivity index (χ2n) is 4.61. The second kappa shape index (κ2) is 6.65. The average Bonchev–Trinajstić information content (AvgIpc) is 2.49. The van der Waals surface area contributed by atoms with Crippen molar-refractivity contribution < 1.29 is 14.7 Å². The number of benzene rings is 1. The fourth-order valence-corrected chi connectivity index (χ4v) is 2.01. The lowest BCUT2D eigenvalue weighted by atomic mass is 10.1. The number of aryl methyl sites for hydroxylation is 1. The molecule has 1 N–H and O–H groups in total. The summed E-state index contributed by atoms with van der Waals surface area (Å²) < 4.78 is 0. The van der Waals surface area contributed by atoms with Crippen molar-refractivity contribution in [3.05, 3.63) is 59.8 Å². The Morgan fingerprint density at radius 3 is 2.48 bits per heavy atom. The van der Waals surface area contributed by atoms with Crippen LogP contribution in [0.1, 0.15) is 22.3 Å². The summed E-state index contributed by atoms with van der Waals surface area (Å²) in [7, 11) is 0. The van der Waals surface area contributed by atoms with E-state index in [9.17, 15) is 9.59 Å². The number of nitrogens with zero attached hydrogens (tertiary/aromatic N) is 2. The molecule has 2 rings (SSSR count). The van der Waals surface area contributed by atoms with Gasteiger partial charge in [0.05, 0.1) is 6.42 Å². The van der Waals surface area contributed by atoms with Gasteiger partial charge in [-0.2, -0.15) is 0 Å². The van der Waals surface area contributed by atoms with Crippen LogP contribution < -0.4 is 4.90 Å². The summed E-state index contributed by atoms with van der Waals surface area (Å²) in [5, 5.41) is 8.87. The molecule has 2 aromatic rings. The van der Waals surface area contributed by atoms with E-state index in [0.29, 0.717) is 11.4 Å². The Morgan fingerprint density at radius 2 is 1.86 bits per heavy atom. The summed E-state index contributed by atoms with van der Waals surface area (Å²) in [5.74, 6) is -0.708. The predicted octanol–water partition coefficient (Wildman–Crippen LogP) is 2.51. The van der Waals surface area contributed by atoms with Gasteiger partial charge in [-0.15, -0.1) is 0 Å². The zero-order chi connectivity index (χ0) is 15.2. The van der Waals surface area contributed by atoms with Crippen molar-refractivity contribution in [2.75, 3.05) is 11.4 Å². The van der Waals surface area contributed by atoms with Crippen LogP contribution in [0.2, 0.25) is 0 Å². The summed E-state index contributed by atoms with van der Waals surface area (Å²) in [6.07, 6.45) is 1.46. The number of rotatable bonds is 5. The first-order chi connectivity index (χ1) is 10.1. The molecule has 0 radical (unpaired) electrons. The lowest BCUT2D eigenvalue weighted by molar-refractivity contribution is -0.136. The summed E-state index contributed by atoms with van der Waals surface area (Å²) in [6.45, 7) is 1.93. The Balaban J connectivity index is 2.34. The Bertz CT molecular complexity index is 641. The van der Waals surface area contributed by atoms with Crippen molar-refractivity contribution in [1.82, 2.24) is 4.98 Å². The molecule has 1 heterocycles. The molecule has 1 aromatic heterocycles. The third-order valence-corrected chi connectivity index (χ3v) is 3.05. The Labute approximate surface area is 122 Å². The summed E-state index contributed by atoms with van der Waals surface area (Å²) in [6, 6.07) is 12.4. The Morgan fingerprint density at radius 1 is 1.14 bits per heavy atom. The first-order valence-corrected chi connectivity index (χ1v) is 6.60. The number of carbonyl (C=O) groups is 2. The fraction of sp³-hybridized carbons (Fsp3) is 0.188. The maximum atomic E-state index is 12.6. The summed E-state index contributed by atoms with van der Waals surface area (Å²) in [4.78, 5) is 29.1. The topological polar surface area (TPSA) is 70.5 Å². The molecule has 0 saturated heterocycles. The van der Waals surface area contributed by atoms with E-state index < -0.39 is 5.97 Å². The molecule has 21 heavy (non-hydrogen) atoms. The number of hydrogen-bond donors (Lipinski definition) is 1. The van der Waals surface area contributed by atoms with Crippen LogP contribution in [0.5, 0.6) is 0 Å². The van der Waals surface area contributed by atoms with E-state index in [0.717, 1.165) is 5.56 Å². The first kappa shape index (κ1) is 14.7. The number of anilines is 1. The van der Waals surface area contributed by atoms with Crippen molar-refractivity contribution >= 4 is 17.7 Å². The highest BCUT2D eigenvalue weighted by atomic mass is 16.4.